The van der Waals surface area contributed by atoms with Crippen LogP contribution in [0.15, 0.2) is 0 Å². The Bertz CT molecular complexity index is 264. The number of nitrogens with one attached hydrogen (secondary N) is 1. The van der Waals surface area contributed by atoms with Gasteiger partial charge in [-0.25, -0.2) is 0 Å². The summed E-state index contributed by atoms with van der Waals surface area (Å²) in [5.74, 6) is 0.232. The first-order valence-corrected chi connectivity index (χ1v) is 6.90. The number of hydrogen-bond acceptors (Lipinski definition) is 3. The third kappa shape index (κ3) is 2.99. The second-order valence-electron chi connectivity index (χ2n) is 5.11. The van der Waals surface area contributed by atoms with E-state index < -0.39 is 0 Å². The molecule has 0 spiro atoms. The molecule has 1 N–H and O–H groups in total. The minimum atomic E-state index is 0.0106. The zero-order valence-electron chi connectivity index (χ0n) is 10.9. The molecule has 1 aliphatic heterocycles. The van der Waals surface area contributed by atoms with Gasteiger partial charge in [-0.15, -0.1) is 0 Å². The van der Waals surface area contributed by atoms with E-state index in [4.69, 9.17) is 4.74 Å². The van der Waals surface area contributed by atoms with Crippen LogP contribution in [0.5, 0.6) is 0 Å². The topological polar surface area (TPSA) is 41.6 Å². The van der Waals surface area contributed by atoms with Crippen LogP contribution in [-0.2, 0) is 9.53 Å². The Morgan fingerprint density at radius 3 is 2.71 bits per heavy atom. The van der Waals surface area contributed by atoms with E-state index in [0.29, 0.717) is 12.7 Å². The van der Waals surface area contributed by atoms with Crippen LogP contribution in [0.1, 0.15) is 46.0 Å². The van der Waals surface area contributed by atoms with Crippen molar-refractivity contribution in [2.45, 2.75) is 64.3 Å². The maximum atomic E-state index is 12.0. The molecule has 1 aliphatic carbocycles. The van der Waals surface area contributed by atoms with Crippen molar-refractivity contribution in [2.24, 2.45) is 0 Å². The number of rotatable bonds is 5. The number of ether oxygens (including phenoxy) is 1. The van der Waals surface area contributed by atoms with Crippen LogP contribution in [-0.4, -0.2) is 42.3 Å². The highest BCUT2D eigenvalue weighted by atomic mass is 16.5. The second kappa shape index (κ2) is 5.83. The molecule has 2 aliphatic rings. The van der Waals surface area contributed by atoms with Crippen LogP contribution in [0.2, 0.25) is 0 Å². The molecule has 0 aromatic rings. The van der Waals surface area contributed by atoms with Crippen molar-refractivity contribution in [3.8, 4) is 0 Å². The van der Waals surface area contributed by atoms with Gasteiger partial charge in [0.15, 0.2) is 0 Å². The molecule has 0 radical (unpaired) electrons. The zero-order valence-corrected chi connectivity index (χ0v) is 10.9. The van der Waals surface area contributed by atoms with Gasteiger partial charge < -0.3 is 9.64 Å². The Kier molecular flexibility index (Phi) is 4.40. The Balaban J connectivity index is 1.72. The molecular formula is C13H24N2O2. The first kappa shape index (κ1) is 12.8. The molecule has 1 saturated heterocycles. The van der Waals surface area contributed by atoms with Crippen molar-refractivity contribution in [1.29, 1.82) is 0 Å². The fourth-order valence-corrected chi connectivity index (χ4v) is 2.81. The predicted molar refractivity (Wildman–Crippen MR) is 66.6 cm³/mol. The van der Waals surface area contributed by atoms with Crippen LogP contribution >= 0.6 is 0 Å². The van der Waals surface area contributed by atoms with Gasteiger partial charge in [0.05, 0.1) is 24.9 Å². The minimum Gasteiger partial charge on any atom is -0.376 e. The Labute approximate surface area is 104 Å². The van der Waals surface area contributed by atoms with Crippen molar-refractivity contribution in [3.05, 3.63) is 0 Å². The largest absolute Gasteiger partial charge is 0.376 e. The van der Waals surface area contributed by atoms with Crippen LogP contribution < -0.4 is 5.32 Å². The SMILES string of the molecule is CCC1NC(C)N(CCOC2CCCC2)C1=O. The van der Waals surface area contributed by atoms with Crippen molar-refractivity contribution < 1.29 is 9.53 Å². The number of hydrogen-bond donors (Lipinski definition) is 1. The first-order valence-electron chi connectivity index (χ1n) is 6.90. The summed E-state index contributed by atoms with van der Waals surface area (Å²) in [4.78, 5) is 13.9. The standard InChI is InChI=1S/C13H24N2O2/c1-3-12-13(16)15(10(2)14-12)8-9-17-11-6-4-5-7-11/h10-12,14H,3-9H2,1-2H3. The number of carbonyl (C=O) groups is 1. The molecule has 1 saturated carbocycles. The van der Waals surface area contributed by atoms with E-state index in [2.05, 4.69) is 5.32 Å². The highest BCUT2D eigenvalue weighted by Crippen LogP contribution is 2.21. The molecule has 17 heavy (non-hydrogen) atoms. The molecular weight excluding hydrogens is 216 g/mol. The van der Waals surface area contributed by atoms with E-state index in [9.17, 15) is 4.79 Å². The summed E-state index contributed by atoms with van der Waals surface area (Å²) in [7, 11) is 0. The molecule has 4 heteroatoms. The van der Waals surface area contributed by atoms with Crippen LogP contribution in [0.4, 0.5) is 0 Å². The van der Waals surface area contributed by atoms with Gasteiger partial charge in [-0.1, -0.05) is 19.8 Å². The van der Waals surface area contributed by atoms with Crippen LogP contribution in [0.25, 0.3) is 0 Å². The van der Waals surface area contributed by atoms with Gasteiger partial charge in [-0.2, -0.15) is 0 Å². The van der Waals surface area contributed by atoms with Crippen molar-refractivity contribution in [1.82, 2.24) is 10.2 Å². The Morgan fingerprint density at radius 2 is 2.12 bits per heavy atom. The van der Waals surface area contributed by atoms with E-state index in [1.165, 1.54) is 25.7 Å². The number of amides is 1. The molecule has 0 aromatic heterocycles. The Hall–Kier alpha value is -0.610. The van der Waals surface area contributed by atoms with Gasteiger partial charge in [-0.3, -0.25) is 10.1 Å². The summed E-state index contributed by atoms with van der Waals surface area (Å²) in [6, 6.07) is 0.0106. The summed E-state index contributed by atoms with van der Waals surface area (Å²) < 4.78 is 5.81. The highest BCUT2D eigenvalue weighted by Gasteiger charge is 2.34. The second-order valence-corrected chi connectivity index (χ2v) is 5.11. The van der Waals surface area contributed by atoms with E-state index in [1.807, 2.05) is 18.7 Å². The number of carbonyl (C=O) groups excluding carboxylic acids is 1. The quantitative estimate of drug-likeness (QED) is 0.792. The van der Waals surface area contributed by atoms with Crippen LogP contribution in [0.3, 0.4) is 0 Å². The third-order valence-corrected chi connectivity index (χ3v) is 3.89. The van der Waals surface area contributed by atoms with Crippen molar-refractivity contribution >= 4 is 5.91 Å². The van der Waals surface area contributed by atoms with Gasteiger partial charge in [0.25, 0.3) is 0 Å². The van der Waals surface area contributed by atoms with Crippen molar-refractivity contribution in [3.63, 3.8) is 0 Å². The average molecular weight is 240 g/mol. The minimum absolute atomic E-state index is 0.0106. The monoisotopic (exact) mass is 240 g/mol. The maximum Gasteiger partial charge on any atom is 0.241 e. The molecule has 98 valence electrons. The summed E-state index contributed by atoms with van der Waals surface area (Å²) >= 11 is 0. The molecule has 1 heterocycles. The molecule has 0 bridgehead atoms. The molecule has 2 rings (SSSR count). The predicted octanol–water partition coefficient (Wildman–Crippen LogP) is 1.50. The van der Waals surface area contributed by atoms with Crippen molar-refractivity contribution in [2.75, 3.05) is 13.2 Å². The van der Waals surface area contributed by atoms with Gasteiger partial charge in [0.1, 0.15) is 0 Å². The van der Waals surface area contributed by atoms with E-state index >= 15 is 0 Å². The number of nitrogens with zero attached hydrogens (tertiary/aromatic N) is 1. The fourth-order valence-electron chi connectivity index (χ4n) is 2.81. The van der Waals surface area contributed by atoms with Gasteiger partial charge >= 0.3 is 0 Å². The molecule has 0 aromatic carbocycles. The van der Waals surface area contributed by atoms with E-state index in [1.54, 1.807) is 0 Å². The summed E-state index contributed by atoms with van der Waals surface area (Å²) in [6.07, 6.45) is 6.44. The molecule has 2 atom stereocenters. The van der Waals surface area contributed by atoms with Gasteiger partial charge in [0, 0.05) is 6.54 Å². The maximum absolute atomic E-state index is 12.0. The lowest BCUT2D eigenvalue weighted by molar-refractivity contribution is -0.130. The van der Waals surface area contributed by atoms with E-state index in [0.717, 1.165) is 13.0 Å². The lowest BCUT2D eigenvalue weighted by Crippen LogP contribution is -2.37. The normalized spacial score (nSPS) is 30.5. The van der Waals surface area contributed by atoms with Gasteiger partial charge in [-0.05, 0) is 26.2 Å². The smallest absolute Gasteiger partial charge is 0.241 e. The lowest BCUT2D eigenvalue weighted by Gasteiger charge is -2.21. The third-order valence-electron chi connectivity index (χ3n) is 3.89. The Morgan fingerprint density at radius 1 is 1.41 bits per heavy atom. The molecule has 1 amide bonds. The lowest BCUT2D eigenvalue weighted by atomic mass is 10.2. The fraction of sp³-hybridized carbons (Fsp3) is 0.923. The molecule has 4 nitrogen and oxygen atoms in total. The van der Waals surface area contributed by atoms with Gasteiger partial charge in [0.2, 0.25) is 5.91 Å². The van der Waals surface area contributed by atoms with E-state index in [-0.39, 0.29) is 18.1 Å². The first-order chi connectivity index (χ1) is 8.22. The summed E-state index contributed by atoms with van der Waals surface area (Å²) in [6.45, 7) is 5.49. The summed E-state index contributed by atoms with van der Waals surface area (Å²) in [5, 5.41) is 3.30. The average Bonchev–Trinajstić information content (AvgIpc) is 2.91. The van der Waals surface area contributed by atoms with Crippen LogP contribution in [0, 0.1) is 0 Å². The highest BCUT2D eigenvalue weighted by molar-refractivity contribution is 5.84. The molecule has 2 fully saturated rings. The summed E-state index contributed by atoms with van der Waals surface area (Å²) in [5.41, 5.74) is 0. The zero-order chi connectivity index (χ0) is 12.3. The molecule has 2 unspecified atom stereocenters.